The molecule has 1 amide bonds. The molecule has 0 radical (unpaired) electrons. The molecule has 2 aromatic carbocycles. The lowest BCUT2D eigenvalue weighted by atomic mass is 10.1. The van der Waals surface area contributed by atoms with E-state index < -0.39 is 0 Å². The smallest absolute Gasteiger partial charge is 0.258 e. The molecule has 178 valence electrons. The molecule has 32 heavy (non-hydrogen) atoms. The van der Waals surface area contributed by atoms with Crippen LogP contribution in [0.25, 0.3) is 0 Å². The summed E-state index contributed by atoms with van der Waals surface area (Å²) in [6, 6.07) is 11.6. The maximum atomic E-state index is 12.1. The molecular weight excluding hydrogens is 432 g/mol. The normalized spacial score (nSPS) is 10.7. The molecule has 8 heteroatoms. The molecule has 0 aliphatic rings. The van der Waals surface area contributed by atoms with Gasteiger partial charge in [-0.25, -0.2) is 0 Å². The molecule has 0 aliphatic carbocycles. The Balaban J connectivity index is 0.00000512. The van der Waals surface area contributed by atoms with Crippen LogP contribution >= 0.6 is 12.4 Å². The molecule has 2 rings (SSSR count). The molecule has 0 unspecified atom stereocenters. The van der Waals surface area contributed by atoms with Gasteiger partial charge in [-0.05, 0) is 57.5 Å². The highest BCUT2D eigenvalue weighted by Crippen LogP contribution is 2.31. The van der Waals surface area contributed by atoms with Crippen LogP contribution in [0.2, 0.25) is 0 Å². The van der Waals surface area contributed by atoms with Crippen LogP contribution in [0.15, 0.2) is 36.4 Å². The Morgan fingerprint density at radius 3 is 2.25 bits per heavy atom. The van der Waals surface area contributed by atoms with Crippen LogP contribution in [0.1, 0.15) is 31.9 Å². The fourth-order valence-electron chi connectivity index (χ4n) is 3.11. The first-order chi connectivity index (χ1) is 14.8. The molecule has 0 bridgehead atoms. The second kappa shape index (κ2) is 13.0. The Bertz CT molecular complexity index is 868. The summed E-state index contributed by atoms with van der Waals surface area (Å²) in [5.74, 6) is 2.44. The topological polar surface area (TPSA) is 78.0 Å². The van der Waals surface area contributed by atoms with Crippen molar-refractivity contribution in [3.05, 3.63) is 47.5 Å². The number of hydrogen-bond acceptors (Lipinski definition) is 6. The van der Waals surface area contributed by atoms with E-state index in [1.165, 1.54) is 0 Å². The van der Waals surface area contributed by atoms with Crippen LogP contribution in [0, 0.1) is 0 Å². The molecule has 0 saturated carbocycles. The Kier molecular flexibility index (Phi) is 11.2. The van der Waals surface area contributed by atoms with E-state index in [2.05, 4.69) is 10.6 Å². The summed E-state index contributed by atoms with van der Waals surface area (Å²) in [5, 5.41) is 6.32. The van der Waals surface area contributed by atoms with Gasteiger partial charge in [-0.3, -0.25) is 4.79 Å². The van der Waals surface area contributed by atoms with Crippen LogP contribution in [0.3, 0.4) is 0 Å². The number of carbonyl (C=O) groups excluding carboxylic acids is 1. The van der Waals surface area contributed by atoms with Crippen LogP contribution in [-0.4, -0.2) is 45.9 Å². The molecule has 7 nitrogen and oxygen atoms in total. The van der Waals surface area contributed by atoms with E-state index >= 15 is 0 Å². The number of carbonyl (C=O) groups is 1. The Morgan fingerprint density at radius 1 is 0.938 bits per heavy atom. The monoisotopic (exact) mass is 466 g/mol. The Labute approximate surface area is 197 Å². The van der Waals surface area contributed by atoms with Crippen LogP contribution in [-0.2, 0) is 17.8 Å². The average molecular weight is 467 g/mol. The summed E-state index contributed by atoms with van der Waals surface area (Å²) in [6.07, 6.45) is 0.828. The molecule has 0 spiro atoms. The number of nitrogens with one attached hydrogen (secondary N) is 2. The van der Waals surface area contributed by atoms with E-state index in [-0.39, 0.29) is 30.5 Å². The van der Waals surface area contributed by atoms with Crippen molar-refractivity contribution in [3.8, 4) is 23.0 Å². The minimum Gasteiger partial charge on any atom is -0.493 e. The van der Waals surface area contributed by atoms with Crippen LogP contribution in [0.4, 0.5) is 0 Å². The van der Waals surface area contributed by atoms with Crippen molar-refractivity contribution in [2.75, 3.05) is 34.5 Å². The van der Waals surface area contributed by atoms with E-state index in [0.717, 1.165) is 29.8 Å². The third-order valence-electron chi connectivity index (χ3n) is 4.50. The lowest BCUT2D eigenvalue weighted by Gasteiger charge is -2.21. The minimum atomic E-state index is -0.310. The standard InChI is InChI=1S/C24H34N2O5.ClH/c1-24(2,3)26-22(27)16-31-23-18(8-7-9-20(23)29-5)15-25-13-12-17-10-11-19(28-4)21(14-17)30-6;/h7-11,14,25H,12-13,15-16H2,1-6H3,(H,26,27);1H. The quantitative estimate of drug-likeness (QED) is 0.491. The van der Waals surface area contributed by atoms with E-state index in [1.54, 1.807) is 21.3 Å². The number of benzene rings is 2. The number of methoxy groups -OCH3 is 3. The number of rotatable bonds is 11. The first-order valence-electron chi connectivity index (χ1n) is 10.3. The molecule has 0 heterocycles. The van der Waals surface area contributed by atoms with Gasteiger partial charge in [0.15, 0.2) is 29.6 Å². The summed E-state index contributed by atoms with van der Waals surface area (Å²) >= 11 is 0. The first kappa shape index (κ1) is 27.4. The number of ether oxygens (including phenoxy) is 4. The van der Waals surface area contributed by atoms with Crippen molar-refractivity contribution in [1.82, 2.24) is 10.6 Å². The lowest BCUT2D eigenvalue weighted by molar-refractivity contribution is -0.124. The van der Waals surface area contributed by atoms with Gasteiger partial charge in [-0.2, -0.15) is 0 Å². The number of para-hydroxylation sites is 1. The molecule has 0 fully saturated rings. The van der Waals surface area contributed by atoms with Crippen molar-refractivity contribution in [3.63, 3.8) is 0 Å². The fraction of sp³-hybridized carbons (Fsp3) is 0.458. The van der Waals surface area contributed by atoms with E-state index in [1.807, 2.05) is 57.2 Å². The molecule has 0 aliphatic heterocycles. The zero-order chi connectivity index (χ0) is 22.9. The molecule has 0 atom stereocenters. The van der Waals surface area contributed by atoms with Crippen LogP contribution < -0.4 is 29.6 Å². The predicted octanol–water partition coefficient (Wildman–Crippen LogP) is 3.76. The van der Waals surface area contributed by atoms with Crippen molar-refractivity contribution >= 4 is 18.3 Å². The van der Waals surface area contributed by atoms with Gasteiger partial charge in [0.2, 0.25) is 0 Å². The van der Waals surface area contributed by atoms with Gasteiger partial charge >= 0.3 is 0 Å². The number of hydrogen-bond donors (Lipinski definition) is 2. The molecule has 2 N–H and O–H groups in total. The second-order valence-electron chi connectivity index (χ2n) is 8.15. The summed E-state index contributed by atoms with van der Waals surface area (Å²) < 4.78 is 21.9. The maximum absolute atomic E-state index is 12.1. The zero-order valence-corrected chi connectivity index (χ0v) is 20.6. The van der Waals surface area contributed by atoms with Gasteiger partial charge in [0.25, 0.3) is 5.91 Å². The van der Waals surface area contributed by atoms with Gasteiger partial charge in [0, 0.05) is 17.6 Å². The predicted molar refractivity (Wildman–Crippen MR) is 129 cm³/mol. The third-order valence-corrected chi connectivity index (χ3v) is 4.50. The van der Waals surface area contributed by atoms with Crippen molar-refractivity contribution in [2.45, 2.75) is 39.3 Å². The molecular formula is C24H35ClN2O5. The minimum absolute atomic E-state index is 0. The lowest BCUT2D eigenvalue weighted by Crippen LogP contribution is -2.43. The van der Waals surface area contributed by atoms with Gasteiger partial charge < -0.3 is 29.6 Å². The first-order valence-corrected chi connectivity index (χ1v) is 10.3. The van der Waals surface area contributed by atoms with E-state index in [4.69, 9.17) is 18.9 Å². The second-order valence-corrected chi connectivity index (χ2v) is 8.15. The number of halogens is 1. The van der Waals surface area contributed by atoms with E-state index in [0.29, 0.717) is 23.8 Å². The summed E-state index contributed by atoms with van der Waals surface area (Å²) in [6.45, 7) is 7.07. The van der Waals surface area contributed by atoms with Gasteiger partial charge in [0.05, 0.1) is 21.3 Å². The largest absolute Gasteiger partial charge is 0.493 e. The molecule has 0 aromatic heterocycles. The Hall–Kier alpha value is -2.64. The highest BCUT2D eigenvalue weighted by molar-refractivity contribution is 5.85. The van der Waals surface area contributed by atoms with Crippen molar-refractivity contribution in [2.24, 2.45) is 0 Å². The van der Waals surface area contributed by atoms with Gasteiger partial charge in [-0.15, -0.1) is 12.4 Å². The highest BCUT2D eigenvalue weighted by atomic mass is 35.5. The van der Waals surface area contributed by atoms with Crippen molar-refractivity contribution < 1.29 is 23.7 Å². The third kappa shape index (κ3) is 8.48. The summed E-state index contributed by atoms with van der Waals surface area (Å²) in [4.78, 5) is 12.1. The highest BCUT2D eigenvalue weighted by Gasteiger charge is 2.16. The molecule has 2 aromatic rings. The molecule has 0 saturated heterocycles. The van der Waals surface area contributed by atoms with Crippen LogP contribution in [0.5, 0.6) is 23.0 Å². The zero-order valence-electron chi connectivity index (χ0n) is 19.7. The summed E-state index contributed by atoms with van der Waals surface area (Å²) in [7, 11) is 4.84. The van der Waals surface area contributed by atoms with Gasteiger partial charge in [0.1, 0.15) is 0 Å². The fourth-order valence-corrected chi connectivity index (χ4v) is 3.11. The number of amides is 1. The average Bonchev–Trinajstić information content (AvgIpc) is 2.73. The SMILES string of the molecule is COc1ccc(CCNCc2cccc(OC)c2OCC(=O)NC(C)(C)C)cc1OC.Cl. The van der Waals surface area contributed by atoms with Crippen molar-refractivity contribution in [1.29, 1.82) is 0 Å². The maximum Gasteiger partial charge on any atom is 0.258 e. The van der Waals surface area contributed by atoms with E-state index in [9.17, 15) is 4.79 Å². The Morgan fingerprint density at radius 2 is 1.62 bits per heavy atom. The van der Waals surface area contributed by atoms with Gasteiger partial charge in [-0.1, -0.05) is 18.2 Å². The summed E-state index contributed by atoms with van der Waals surface area (Å²) in [5.41, 5.74) is 1.76.